The zero-order valence-corrected chi connectivity index (χ0v) is 10.3. The Hall–Kier alpha value is 1.07. The molecule has 0 amide bonds. The van der Waals surface area contributed by atoms with E-state index in [0.29, 0.717) is 23.0 Å². The second-order valence-corrected chi connectivity index (χ2v) is 3.99. The standard InChI is InChI=1S/C7H14OS4/c8-7(5(1-9)2-10)6(3-11)4-12/h5-6,9-12H,1-4H2. The van der Waals surface area contributed by atoms with Crippen molar-refractivity contribution >= 4 is 56.3 Å². The lowest BCUT2D eigenvalue weighted by molar-refractivity contribution is -0.124. The van der Waals surface area contributed by atoms with Crippen LogP contribution in [-0.4, -0.2) is 28.8 Å². The number of Topliss-reactive ketones (excluding diaryl/α,β-unsaturated/α-hetero) is 1. The summed E-state index contributed by atoms with van der Waals surface area (Å²) in [6, 6.07) is 0. The van der Waals surface area contributed by atoms with Crippen molar-refractivity contribution in [3.63, 3.8) is 0 Å². The Morgan fingerprint density at radius 1 is 0.833 bits per heavy atom. The number of thiol groups is 4. The van der Waals surface area contributed by atoms with Crippen molar-refractivity contribution in [1.29, 1.82) is 0 Å². The van der Waals surface area contributed by atoms with Gasteiger partial charge in [0, 0.05) is 34.8 Å². The molecule has 0 saturated carbocycles. The lowest BCUT2D eigenvalue weighted by Crippen LogP contribution is -2.28. The molecule has 0 bridgehead atoms. The molecule has 0 aromatic rings. The molecule has 0 unspecified atom stereocenters. The normalized spacial score (nSPS) is 11.2. The number of rotatable bonds is 6. The van der Waals surface area contributed by atoms with Crippen LogP contribution in [0, 0.1) is 11.8 Å². The Balaban J connectivity index is 4.12. The molecule has 0 heterocycles. The second-order valence-electron chi connectivity index (χ2n) is 2.53. The molecule has 1 nitrogen and oxygen atoms in total. The smallest absolute Gasteiger partial charge is 0.142 e. The van der Waals surface area contributed by atoms with E-state index < -0.39 is 0 Å². The Bertz CT molecular complexity index is 117. The van der Waals surface area contributed by atoms with Crippen molar-refractivity contribution in [2.45, 2.75) is 0 Å². The molecule has 0 atom stereocenters. The van der Waals surface area contributed by atoms with Gasteiger partial charge in [-0.05, 0) is 0 Å². The van der Waals surface area contributed by atoms with E-state index in [-0.39, 0.29) is 17.6 Å². The summed E-state index contributed by atoms with van der Waals surface area (Å²) >= 11 is 16.4. The van der Waals surface area contributed by atoms with E-state index in [9.17, 15) is 4.79 Å². The highest BCUT2D eigenvalue weighted by Crippen LogP contribution is 2.13. The van der Waals surface area contributed by atoms with Gasteiger partial charge in [0.25, 0.3) is 0 Å². The summed E-state index contributed by atoms with van der Waals surface area (Å²) in [6.45, 7) is 0. The summed E-state index contributed by atoms with van der Waals surface area (Å²) in [6.07, 6.45) is 0. The fraction of sp³-hybridized carbons (Fsp3) is 0.857. The maximum atomic E-state index is 11.6. The zero-order chi connectivity index (χ0) is 9.56. The highest BCUT2D eigenvalue weighted by Gasteiger charge is 2.22. The molecule has 0 saturated heterocycles. The minimum absolute atomic E-state index is 0.0547. The van der Waals surface area contributed by atoms with E-state index >= 15 is 0 Å². The van der Waals surface area contributed by atoms with Crippen LogP contribution >= 0.6 is 50.5 Å². The first-order chi connectivity index (χ1) is 5.71. The van der Waals surface area contributed by atoms with Gasteiger partial charge in [-0.15, -0.1) is 0 Å². The summed E-state index contributed by atoms with van der Waals surface area (Å²) in [7, 11) is 0. The predicted octanol–water partition coefficient (Wildman–Crippen LogP) is 1.51. The summed E-state index contributed by atoms with van der Waals surface area (Å²) in [5.74, 6) is 2.30. The van der Waals surface area contributed by atoms with Gasteiger partial charge in [0.15, 0.2) is 0 Å². The molecule has 0 fully saturated rings. The highest BCUT2D eigenvalue weighted by molar-refractivity contribution is 7.81. The van der Waals surface area contributed by atoms with Crippen molar-refractivity contribution in [3.8, 4) is 0 Å². The molecule has 12 heavy (non-hydrogen) atoms. The number of hydrogen-bond donors (Lipinski definition) is 4. The number of carbonyl (C=O) groups is 1. The van der Waals surface area contributed by atoms with Crippen LogP contribution < -0.4 is 0 Å². The van der Waals surface area contributed by atoms with Crippen LogP contribution in [0.4, 0.5) is 0 Å². The monoisotopic (exact) mass is 242 g/mol. The largest absolute Gasteiger partial charge is 0.299 e. The van der Waals surface area contributed by atoms with E-state index in [4.69, 9.17) is 0 Å². The molecular formula is C7H14OS4. The van der Waals surface area contributed by atoms with E-state index in [1.54, 1.807) is 0 Å². The predicted molar refractivity (Wildman–Crippen MR) is 67.4 cm³/mol. The molecule has 5 heteroatoms. The quantitative estimate of drug-likeness (QED) is 0.520. The molecule has 0 N–H and O–H groups in total. The molecule has 0 aromatic heterocycles. The molecule has 0 aliphatic heterocycles. The highest BCUT2D eigenvalue weighted by atomic mass is 32.1. The van der Waals surface area contributed by atoms with E-state index in [0.717, 1.165) is 0 Å². The first-order valence-electron chi connectivity index (χ1n) is 3.68. The first kappa shape index (κ1) is 13.1. The molecule has 0 aliphatic rings. The van der Waals surface area contributed by atoms with Crippen molar-refractivity contribution in [3.05, 3.63) is 0 Å². The van der Waals surface area contributed by atoms with Crippen LogP contribution in [-0.2, 0) is 4.79 Å². The molecule has 0 aliphatic carbocycles. The first-order valence-corrected chi connectivity index (χ1v) is 6.21. The minimum Gasteiger partial charge on any atom is -0.299 e. The van der Waals surface area contributed by atoms with Crippen molar-refractivity contribution in [2.75, 3.05) is 23.0 Å². The summed E-state index contributed by atoms with van der Waals surface area (Å²) < 4.78 is 0. The SMILES string of the molecule is O=C(C(CS)CS)C(CS)CS. The third-order valence-electron chi connectivity index (χ3n) is 1.69. The number of carbonyl (C=O) groups excluding carboxylic acids is 1. The molecule has 0 spiro atoms. The topological polar surface area (TPSA) is 17.1 Å². The average molecular weight is 242 g/mol. The Morgan fingerprint density at radius 2 is 1.08 bits per heavy atom. The Kier molecular flexibility index (Phi) is 8.14. The van der Waals surface area contributed by atoms with Crippen LogP contribution in [0.5, 0.6) is 0 Å². The average Bonchev–Trinajstić information content (AvgIpc) is 2.09. The van der Waals surface area contributed by atoms with Crippen molar-refractivity contribution in [2.24, 2.45) is 11.8 Å². The number of hydrogen-bond acceptors (Lipinski definition) is 5. The van der Waals surface area contributed by atoms with Crippen LogP contribution in [0.15, 0.2) is 0 Å². The van der Waals surface area contributed by atoms with E-state index in [2.05, 4.69) is 50.5 Å². The Morgan fingerprint density at radius 3 is 1.25 bits per heavy atom. The van der Waals surface area contributed by atoms with E-state index in [1.807, 2.05) is 0 Å². The van der Waals surface area contributed by atoms with Gasteiger partial charge in [-0.2, -0.15) is 50.5 Å². The van der Waals surface area contributed by atoms with Gasteiger partial charge in [0.2, 0.25) is 0 Å². The maximum Gasteiger partial charge on any atom is 0.142 e. The lowest BCUT2D eigenvalue weighted by Gasteiger charge is -2.16. The molecule has 0 rings (SSSR count). The number of ketones is 1. The maximum absolute atomic E-state index is 11.6. The fourth-order valence-electron chi connectivity index (χ4n) is 0.809. The third kappa shape index (κ3) is 3.85. The van der Waals surface area contributed by atoms with Crippen molar-refractivity contribution in [1.82, 2.24) is 0 Å². The Labute approximate surface area is 95.7 Å². The van der Waals surface area contributed by atoms with Gasteiger partial charge in [-0.1, -0.05) is 0 Å². The minimum atomic E-state index is -0.0547. The van der Waals surface area contributed by atoms with Gasteiger partial charge >= 0.3 is 0 Å². The van der Waals surface area contributed by atoms with Crippen molar-refractivity contribution < 1.29 is 4.79 Å². The fourth-order valence-corrected chi connectivity index (χ4v) is 2.45. The van der Waals surface area contributed by atoms with Crippen LogP contribution in [0.1, 0.15) is 0 Å². The molecule has 72 valence electrons. The van der Waals surface area contributed by atoms with Crippen LogP contribution in [0.2, 0.25) is 0 Å². The lowest BCUT2D eigenvalue weighted by atomic mass is 9.98. The summed E-state index contributed by atoms with van der Waals surface area (Å²) in [4.78, 5) is 11.6. The molecule has 0 radical (unpaired) electrons. The van der Waals surface area contributed by atoms with Gasteiger partial charge in [0.1, 0.15) is 5.78 Å². The molecular weight excluding hydrogens is 228 g/mol. The summed E-state index contributed by atoms with van der Waals surface area (Å²) in [5.41, 5.74) is 0. The second kappa shape index (κ2) is 7.47. The van der Waals surface area contributed by atoms with Gasteiger partial charge in [-0.25, -0.2) is 0 Å². The van der Waals surface area contributed by atoms with Gasteiger partial charge in [0.05, 0.1) is 0 Å². The van der Waals surface area contributed by atoms with Gasteiger partial charge < -0.3 is 0 Å². The van der Waals surface area contributed by atoms with E-state index in [1.165, 1.54) is 0 Å². The zero-order valence-electron chi connectivity index (χ0n) is 6.68. The van der Waals surface area contributed by atoms with Crippen LogP contribution in [0.3, 0.4) is 0 Å². The third-order valence-corrected chi connectivity index (χ3v) is 3.45. The molecule has 0 aromatic carbocycles. The summed E-state index contributed by atoms with van der Waals surface area (Å²) in [5, 5.41) is 0. The van der Waals surface area contributed by atoms with Crippen LogP contribution in [0.25, 0.3) is 0 Å². The van der Waals surface area contributed by atoms with Gasteiger partial charge in [-0.3, -0.25) is 4.79 Å².